The standard InChI is InChI=1S/C19H26N6O3S/c1-12(2)15(16(26)21-17(20)27)29-19-23-22-18(24-8-10-28-11-9-24)25(19)14-7-5-4-6-13(14)3/h4-7,12,15H,8-11H2,1-3H3,(H3,20,21,26,27). The Morgan fingerprint density at radius 2 is 1.90 bits per heavy atom. The van der Waals surface area contributed by atoms with Gasteiger partial charge in [0.25, 0.3) is 0 Å². The van der Waals surface area contributed by atoms with Gasteiger partial charge in [0.05, 0.1) is 24.2 Å². The number of rotatable bonds is 6. The van der Waals surface area contributed by atoms with E-state index in [1.165, 1.54) is 11.8 Å². The number of benzene rings is 1. The third-order valence-electron chi connectivity index (χ3n) is 4.61. The Morgan fingerprint density at radius 1 is 1.21 bits per heavy atom. The van der Waals surface area contributed by atoms with E-state index in [2.05, 4.69) is 20.4 Å². The third kappa shape index (κ3) is 4.88. The largest absolute Gasteiger partial charge is 0.378 e. The molecule has 29 heavy (non-hydrogen) atoms. The van der Waals surface area contributed by atoms with E-state index in [1.807, 2.05) is 49.6 Å². The molecule has 1 unspecified atom stereocenters. The summed E-state index contributed by atoms with van der Waals surface area (Å²) in [6.07, 6.45) is 0. The summed E-state index contributed by atoms with van der Waals surface area (Å²) in [5.74, 6) is 0.223. The second-order valence-corrected chi connectivity index (χ2v) is 8.25. The van der Waals surface area contributed by atoms with Crippen LogP contribution in [0.5, 0.6) is 0 Å². The predicted molar refractivity (Wildman–Crippen MR) is 111 cm³/mol. The second-order valence-electron chi connectivity index (χ2n) is 7.14. The maximum atomic E-state index is 12.5. The lowest BCUT2D eigenvalue weighted by atomic mass is 10.1. The van der Waals surface area contributed by atoms with E-state index in [-0.39, 0.29) is 5.92 Å². The van der Waals surface area contributed by atoms with Gasteiger partial charge < -0.3 is 15.4 Å². The molecule has 1 aliphatic heterocycles. The minimum absolute atomic E-state index is 0.0480. The molecule has 2 aromatic rings. The van der Waals surface area contributed by atoms with Crippen molar-refractivity contribution in [1.82, 2.24) is 20.1 Å². The van der Waals surface area contributed by atoms with Crippen LogP contribution in [0.1, 0.15) is 19.4 Å². The highest BCUT2D eigenvalue weighted by atomic mass is 32.2. The summed E-state index contributed by atoms with van der Waals surface area (Å²) >= 11 is 1.27. The fraction of sp³-hybridized carbons (Fsp3) is 0.474. The number of nitrogens with zero attached hydrogens (tertiary/aromatic N) is 4. The summed E-state index contributed by atoms with van der Waals surface area (Å²) in [7, 11) is 0. The maximum absolute atomic E-state index is 12.5. The van der Waals surface area contributed by atoms with Gasteiger partial charge in [-0.05, 0) is 24.5 Å². The van der Waals surface area contributed by atoms with Gasteiger partial charge >= 0.3 is 6.03 Å². The van der Waals surface area contributed by atoms with Crippen molar-refractivity contribution in [3.8, 4) is 5.69 Å². The number of aromatic nitrogens is 3. The van der Waals surface area contributed by atoms with Gasteiger partial charge in [-0.2, -0.15) is 0 Å². The lowest BCUT2D eigenvalue weighted by molar-refractivity contribution is -0.120. The fourth-order valence-electron chi connectivity index (χ4n) is 3.13. The molecule has 3 N–H and O–H groups in total. The highest BCUT2D eigenvalue weighted by Gasteiger charge is 2.29. The molecule has 3 rings (SSSR count). The van der Waals surface area contributed by atoms with Crippen LogP contribution in [0.25, 0.3) is 5.69 Å². The number of amides is 3. The molecule has 0 aliphatic carbocycles. The molecule has 1 saturated heterocycles. The molecule has 0 radical (unpaired) electrons. The minimum atomic E-state index is -0.865. The molecular weight excluding hydrogens is 392 g/mol. The van der Waals surface area contributed by atoms with Gasteiger partial charge in [-0.3, -0.25) is 14.7 Å². The monoisotopic (exact) mass is 418 g/mol. The van der Waals surface area contributed by atoms with Crippen LogP contribution >= 0.6 is 11.8 Å². The number of imide groups is 1. The molecule has 0 bridgehead atoms. The van der Waals surface area contributed by atoms with Gasteiger partial charge in [0.1, 0.15) is 0 Å². The van der Waals surface area contributed by atoms with Crippen molar-refractivity contribution in [1.29, 1.82) is 0 Å². The maximum Gasteiger partial charge on any atom is 0.318 e. The number of hydrogen-bond acceptors (Lipinski definition) is 7. The van der Waals surface area contributed by atoms with Gasteiger partial charge in [-0.25, -0.2) is 4.79 Å². The zero-order valence-electron chi connectivity index (χ0n) is 16.8. The zero-order valence-corrected chi connectivity index (χ0v) is 17.6. The Morgan fingerprint density at radius 3 is 2.52 bits per heavy atom. The number of ether oxygens (including phenoxy) is 1. The number of para-hydroxylation sites is 1. The molecular formula is C19H26N6O3S. The lowest BCUT2D eigenvalue weighted by Gasteiger charge is -2.28. The number of urea groups is 1. The molecule has 3 amide bonds. The average molecular weight is 419 g/mol. The number of morpholine rings is 1. The first kappa shape index (κ1) is 21.1. The summed E-state index contributed by atoms with van der Waals surface area (Å²) in [6, 6.07) is 7.09. The summed E-state index contributed by atoms with van der Waals surface area (Å²) in [5.41, 5.74) is 7.14. The van der Waals surface area contributed by atoms with Crippen LogP contribution < -0.4 is 16.0 Å². The zero-order chi connectivity index (χ0) is 21.0. The third-order valence-corrected chi connectivity index (χ3v) is 6.10. The summed E-state index contributed by atoms with van der Waals surface area (Å²) in [5, 5.41) is 11.0. The molecule has 1 aromatic carbocycles. The molecule has 1 fully saturated rings. The van der Waals surface area contributed by atoms with E-state index in [0.717, 1.165) is 11.3 Å². The van der Waals surface area contributed by atoms with Gasteiger partial charge in [0, 0.05) is 13.1 Å². The normalized spacial score (nSPS) is 15.4. The highest BCUT2D eigenvalue weighted by Crippen LogP contribution is 2.33. The first-order chi connectivity index (χ1) is 13.9. The van der Waals surface area contributed by atoms with Crippen molar-refractivity contribution in [3.05, 3.63) is 29.8 Å². The topological polar surface area (TPSA) is 115 Å². The van der Waals surface area contributed by atoms with Crippen molar-refractivity contribution >= 4 is 29.6 Å². The Bertz CT molecular complexity index is 879. The van der Waals surface area contributed by atoms with Crippen LogP contribution in [0.2, 0.25) is 0 Å². The van der Waals surface area contributed by atoms with E-state index < -0.39 is 17.2 Å². The predicted octanol–water partition coefficient (Wildman–Crippen LogP) is 1.72. The van der Waals surface area contributed by atoms with Crippen LogP contribution in [-0.4, -0.2) is 58.3 Å². The molecule has 1 atom stereocenters. The highest BCUT2D eigenvalue weighted by molar-refractivity contribution is 8.00. The number of anilines is 1. The SMILES string of the molecule is Cc1ccccc1-n1c(SC(C(=O)NC(N)=O)C(C)C)nnc1N1CCOCC1. The molecule has 2 heterocycles. The number of carbonyl (C=O) groups is 2. The van der Waals surface area contributed by atoms with Gasteiger partial charge in [-0.15, -0.1) is 10.2 Å². The summed E-state index contributed by atoms with van der Waals surface area (Å²) < 4.78 is 7.43. The number of primary amides is 1. The van der Waals surface area contributed by atoms with Crippen molar-refractivity contribution < 1.29 is 14.3 Å². The molecule has 10 heteroatoms. The lowest BCUT2D eigenvalue weighted by Crippen LogP contribution is -2.42. The van der Waals surface area contributed by atoms with Crippen LogP contribution in [0, 0.1) is 12.8 Å². The average Bonchev–Trinajstić information content (AvgIpc) is 3.09. The minimum Gasteiger partial charge on any atom is -0.378 e. The van der Waals surface area contributed by atoms with Gasteiger partial charge in [-0.1, -0.05) is 43.8 Å². The number of nitrogens with two attached hydrogens (primary N) is 1. The van der Waals surface area contributed by atoms with Gasteiger partial charge in [0.15, 0.2) is 5.16 Å². The number of aryl methyl sites for hydroxylation is 1. The molecule has 0 saturated carbocycles. The quantitative estimate of drug-likeness (QED) is 0.686. The smallest absolute Gasteiger partial charge is 0.318 e. The first-order valence-corrected chi connectivity index (χ1v) is 10.4. The summed E-state index contributed by atoms with van der Waals surface area (Å²) in [4.78, 5) is 25.8. The van der Waals surface area contributed by atoms with Crippen LogP contribution in [0.15, 0.2) is 29.4 Å². The Labute approximate surface area is 174 Å². The first-order valence-electron chi connectivity index (χ1n) is 9.49. The number of hydrogen-bond donors (Lipinski definition) is 2. The molecule has 1 aromatic heterocycles. The van der Waals surface area contributed by atoms with Gasteiger partial charge in [0.2, 0.25) is 11.9 Å². The van der Waals surface area contributed by atoms with Crippen molar-refractivity contribution in [3.63, 3.8) is 0 Å². The van der Waals surface area contributed by atoms with E-state index >= 15 is 0 Å². The Kier molecular flexibility index (Phi) is 6.75. The van der Waals surface area contributed by atoms with Crippen molar-refractivity contribution in [2.24, 2.45) is 11.7 Å². The van der Waals surface area contributed by atoms with E-state index in [4.69, 9.17) is 10.5 Å². The van der Waals surface area contributed by atoms with Crippen molar-refractivity contribution in [2.45, 2.75) is 31.2 Å². The van der Waals surface area contributed by atoms with E-state index in [0.29, 0.717) is 37.4 Å². The van der Waals surface area contributed by atoms with E-state index in [9.17, 15) is 9.59 Å². The molecule has 156 valence electrons. The van der Waals surface area contributed by atoms with E-state index in [1.54, 1.807) is 0 Å². The van der Waals surface area contributed by atoms with Crippen LogP contribution in [0.3, 0.4) is 0 Å². The summed E-state index contributed by atoms with van der Waals surface area (Å²) in [6.45, 7) is 8.52. The Balaban J connectivity index is 2.01. The van der Waals surface area contributed by atoms with Crippen LogP contribution in [-0.2, 0) is 9.53 Å². The second kappa shape index (κ2) is 9.27. The fourth-order valence-corrected chi connectivity index (χ4v) is 4.17. The van der Waals surface area contributed by atoms with Crippen molar-refractivity contribution in [2.75, 3.05) is 31.2 Å². The Hall–Kier alpha value is -2.59. The molecule has 0 spiro atoms. The number of carbonyl (C=O) groups excluding carboxylic acids is 2. The number of thioether (sulfide) groups is 1. The van der Waals surface area contributed by atoms with Crippen LogP contribution in [0.4, 0.5) is 10.7 Å². The number of nitrogens with one attached hydrogen (secondary N) is 1. The molecule has 9 nitrogen and oxygen atoms in total. The molecule has 1 aliphatic rings.